The van der Waals surface area contributed by atoms with Crippen LogP contribution in [0, 0.1) is 11.8 Å². The molecule has 0 aromatic carbocycles. The third-order valence-electron chi connectivity index (χ3n) is 4.65. The fraction of sp³-hybridized carbons (Fsp3) is 0.400. The molecule has 10 nitrogen and oxygen atoms in total. The van der Waals surface area contributed by atoms with Crippen LogP contribution in [0.3, 0.4) is 0 Å². The van der Waals surface area contributed by atoms with Gasteiger partial charge >= 0.3 is 11.8 Å². The van der Waals surface area contributed by atoms with E-state index in [9.17, 15) is 18.0 Å². The van der Waals surface area contributed by atoms with Crippen LogP contribution in [0.1, 0.15) is 0 Å². The Labute approximate surface area is 149 Å². The van der Waals surface area contributed by atoms with Crippen LogP contribution in [-0.2, 0) is 19.4 Å². The number of rotatable bonds is 2. The average molecular weight is 376 g/mol. The van der Waals surface area contributed by atoms with Crippen LogP contribution in [-0.4, -0.2) is 69.5 Å². The molecule has 0 bridgehead atoms. The molecular weight excluding hydrogens is 360 g/mol. The van der Waals surface area contributed by atoms with Gasteiger partial charge in [-0.05, 0) is 24.0 Å². The first-order valence-corrected chi connectivity index (χ1v) is 9.85. The van der Waals surface area contributed by atoms with Crippen LogP contribution >= 0.6 is 0 Å². The van der Waals surface area contributed by atoms with Gasteiger partial charge in [-0.2, -0.15) is 5.10 Å². The maximum absolute atomic E-state index is 12.3. The van der Waals surface area contributed by atoms with Crippen LogP contribution in [0.25, 0.3) is 5.82 Å². The van der Waals surface area contributed by atoms with Crippen LogP contribution in [0.5, 0.6) is 0 Å². The summed E-state index contributed by atoms with van der Waals surface area (Å²) in [5.41, 5.74) is 0.384. The maximum Gasteiger partial charge on any atom is 0.313 e. The second kappa shape index (κ2) is 6.16. The van der Waals surface area contributed by atoms with E-state index in [1.165, 1.54) is 28.4 Å². The highest BCUT2D eigenvalue weighted by atomic mass is 32.2. The molecule has 0 unspecified atom stereocenters. The van der Waals surface area contributed by atoms with Crippen LogP contribution in [0.4, 0.5) is 5.69 Å². The minimum atomic E-state index is -3.00. The molecule has 4 heterocycles. The number of pyridine rings is 1. The van der Waals surface area contributed by atoms with Crippen molar-refractivity contribution in [2.75, 3.05) is 29.9 Å². The molecule has 2 saturated heterocycles. The molecule has 2 fully saturated rings. The van der Waals surface area contributed by atoms with E-state index in [1.807, 2.05) is 0 Å². The summed E-state index contributed by atoms with van der Waals surface area (Å²) in [6, 6.07) is 3.25. The van der Waals surface area contributed by atoms with Gasteiger partial charge in [0.15, 0.2) is 15.7 Å². The van der Waals surface area contributed by atoms with Gasteiger partial charge in [-0.25, -0.2) is 23.1 Å². The average Bonchev–Trinajstić information content (AvgIpc) is 3.29. The third kappa shape index (κ3) is 3.17. The number of nitrogens with zero attached hydrogens (tertiary/aromatic N) is 5. The highest BCUT2D eigenvalue weighted by molar-refractivity contribution is 7.91. The van der Waals surface area contributed by atoms with E-state index in [2.05, 4.69) is 20.4 Å². The van der Waals surface area contributed by atoms with Gasteiger partial charge in [0.05, 0.1) is 23.4 Å². The van der Waals surface area contributed by atoms with E-state index >= 15 is 0 Å². The predicted octanol–water partition coefficient (Wildman–Crippen LogP) is -0.896. The summed E-state index contributed by atoms with van der Waals surface area (Å²) in [6.07, 6.45) is 4.30. The Morgan fingerprint density at radius 3 is 2.46 bits per heavy atom. The van der Waals surface area contributed by atoms with Crippen LogP contribution in [0.2, 0.25) is 0 Å². The van der Waals surface area contributed by atoms with Gasteiger partial charge in [-0.1, -0.05) is 0 Å². The number of hydrogen-bond acceptors (Lipinski definition) is 7. The SMILES string of the molecule is O=C(Nc1ccc(-n2cncn2)nc1)C(=O)N1C[C@@H]2CS(=O)(=O)C[C@@H]2C1. The van der Waals surface area contributed by atoms with Gasteiger partial charge < -0.3 is 10.2 Å². The highest BCUT2D eigenvalue weighted by Crippen LogP contribution is 2.32. The molecule has 2 aromatic heterocycles. The molecule has 0 spiro atoms. The molecule has 11 heteroatoms. The first-order valence-electron chi connectivity index (χ1n) is 8.03. The van der Waals surface area contributed by atoms with Crippen LogP contribution in [0.15, 0.2) is 31.0 Å². The number of fused-ring (bicyclic) bond motifs is 1. The number of anilines is 1. The second-order valence-corrected chi connectivity index (χ2v) is 8.66. The molecule has 4 rings (SSSR count). The number of sulfone groups is 1. The van der Waals surface area contributed by atoms with Crippen molar-refractivity contribution in [2.45, 2.75) is 0 Å². The Morgan fingerprint density at radius 1 is 1.15 bits per heavy atom. The van der Waals surface area contributed by atoms with E-state index in [0.717, 1.165) is 0 Å². The maximum atomic E-state index is 12.3. The summed E-state index contributed by atoms with van der Waals surface area (Å²) in [4.78, 5) is 33.9. The van der Waals surface area contributed by atoms with Gasteiger partial charge in [0.1, 0.15) is 12.7 Å². The van der Waals surface area contributed by atoms with E-state index in [1.54, 1.807) is 12.1 Å². The number of aromatic nitrogens is 4. The van der Waals surface area contributed by atoms with Crippen molar-refractivity contribution in [3.8, 4) is 5.82 Å². The van der Waals surface area contributed by atoms with Gasteiger partial charge in [0.25, 0.3) is 0 Å². The number of likely N-dealkylation sites (tertiary alicyclic amines) is 1. The molecule has 0 saturated carbocycles. The topological polar surface area (TPSA) is 127 Å². The summed E-state index contributed by atoms with van der Waals surface area (Å²) >= 11 is 0. The van der Waals surface area contributed by atoms with Crippen molar-refractivity contribution in [1.29, 1.82) is 0 Å². The highest BCUT2D eigenvalue weighted by Gasteiger charge is 2.45. The normalized spacial score (nSPS) is 23.6. The van der Waals surface area contributed by atoms with Crippen molar-refractivity contribution in [3.63, 3.8) is 0 Å². The zero-order valence-electron chi connectivity index (χ0n) is 13.6. The molecule has 2 atom stereocenters. The molecule has 2 aliphatic rings. The number of carbonyl (C=O) groups excluding carboxylic acids is 2. The summed E-state index contributed by atoms with van der Waals surface area (Å²) in [7, 11) is -3.00. The number of hydrogen-bond donors (Lipinski definition) is 1. The Morgan fingerprint density at radius 2 is 1.88 bits per heavy atom. The minimum absolute atomic E-state index is 0.0691. The Hall–Kier alpha value is -2.82. The summed E-state index contributed by atoms with van der Waals surface area (Å²) < 4.78 is 24.7. The lowest BCUT2D eigenvalue weighted by Crippen LogP contribution is -2.39. The van der Waals surface area contributed by atoms with Gasteiger partial charge in [-0.3, -0.25) is 9.59 Å². The second-order valence-electron chi connectivity index (χ2n) is 6.51. The zero-order valence-corrected chi connectivity index (χ0v) is 14.5. The predicted molar refractivity (Wildman–Crippen MR) is 90.0 cm³/mol. The number of amides is 2. The van der Waals surface area contributed by atoms with E-state index < -0.39 is 21.7 Å². The van der Waals surface area contributed by atoms with E-state index in [4.69, 9.17) is 0 Å². The van der Waals surface area contributed by atoms with Crippen LogP contribution < -0.4 is 5.32 Å². The molecule has 26 heavy (non-hydrogen) atoms. The molecule has 136 valence electrons. The molecule has 2 aliphatic heterocycles. The lowest BCUT2D eigenvalue weighted by atomic mass is 10.0. The fourth-order valence-electron chi connectivity index (χ4n) is 3.45. The van der Waals surface area contributed by atoms with Gasteiger partial charge in [0.2, 0.25) is 0 Å². The first kappa shape index (κ1) is 16.6. The lowest BCUT2D eigenvalue weighted by Gasteiger charge is -2.16. The first-order chi connectivity index (χ1) is 12.4. The van der Waals surface area contributed by atoms with Gasteiger partial charge in [-0.15, -0.1) is 0 Å². The molecule has 2 aromatic rings. The van der Waals surface area contributed by atoms with Crippen molar-refractivity contribution < 1.29 is 18.0 Å². The van der Waals surface area contributed by atoms with Crippen molar-refractivity contribution in [3.05, 3.63) is 31.0 Å². The summed E-state index contributed by atoms with van der Waals surface area (Å²) in [5.74, 6) is -0.838. The Kier molecular flexibility index (Phi) is 3.94. The van der Waals surface area contributed by atoms with Gasteiger partial charge in [0, 0.05) is 13.1 Å². The minimum Gasteiger partial charge on any atom is -0.334 e. The standard InChI is InChI=1S/C15H16N6O4S/c22-14(15(23)20-4-10-6-26(24,25)7-11(10)5-20)19-12-1-2-13(17-3-12)21-9-16-8-18-21/h1-3,8-11H,4-7H2,(H,19,22)/t10-,11+. The molecule has 2 amide bonds. The number of nitrogens with one attached hydrogen (secondary N) is 1. The molecule has 0 radical (unpaired) electrons. The van der Waals surface area contributed by atoms with Crippen molar-refractivity contribution >= 4 is 27.3 Å². The number of carbonyl (C=O) groups is 2. The van der Waals surface area contributed by atoms with E-state index in [-0.39, 0.29) is 23.3 Å². The Bertz CT molecular complexity index is 921. The monoisotopic (exact) mass is 376 g/mol. The van der Waals surface area contributed by atoms with Crippen molar-refractivity contribution in [1.82, 2.24) is 24.6 Å². The van der Waals surface area contributed by atoms with E-state index in [0.29, 0.717) is 24.6 Å². The third-order valence-corrected chi connectivity index (χ3v) is 6.53. The fourth-order valence-corrected chi connectivity index (χ4v) is 5.65. The molecule has 1 N–H and O–H groups in total. The zero-order chi connectivity index (χ0) is 18.3. The summed E-state index contributed by atoms with van der Waals surface area (Å²) in [6.45, 7) is 0.610. The van der Waals surface area contributed by atoms with Crippen molar-refractivity contribution in [2.24, 2.45) is 11.8 Å². The lowest BCUT2D eigenvalue weighted by molar-refractivity contribution is -0.142. The quantitative estimate of drug-likeness (QED) is 0.673. The Balaban J connectivity index is 1.37. The molecule has 0 aliphatic carbocycles. The largest absolute Gasteiger partial charge is 0.334 e. The smallest absolute Gasteiger partial charge is 0.313 e. The molecular formula is C15H16N6O4S. The summed E-state index contributed by atoms with van der Waals surface area (Å²) in [5, 5.41) is 6.46.